The molecule has 0 bridgehead atoms. The van der Waals surface area contributed by atoms with Gasteiger partial charge in [-0.3, -0.25) is 0 Å². The molecular weight excluding hydrogens is 170 g/mol. The maximum atomic E-state index is 11.1. The van der Waals surface area contributed by atoms with Crippen LogP contribution in [0.3, 0.4) is 0 Å². The molecule has 2 rings (SSSR count). The van der Waals surface area contributed by atoms with Crippen LogP contribution in [0.15, 0.2) is 12.7 Å². The highest BCUT2D eigenvalue weighted by Crippen LogP contribution is 2.38. The van der Waals surface area contributed by atoms with Gasteiger partial charge in [0.05, 0.1) is 12.1 Å². The summed E-state index contributed by atoms with van der Waals surface area (Å²) in [6.07, 6.45) is 3.86. The largest absolute Gasteiger partial charge is 0.445 e. The lowest BCUT2D eigenvalue weighted by Crippen LogP contribution is -2.37. The van der Waals surface area contributed by atoms with Crippen LogP contribution in [0.4, 0.5) is 4.79 Å². The Morgan fingerprint density at radius 2 is 2.54 bits per heavy atom. The Kier molecular flexibility index (Phi) is 2.22. The predicted octanol–water partition coefficient (Wildman–Crippen LogP) is 0.828. The SMILES string of the molecule is C=CCOC(=O)NC1CCC2OC12. The molecule has 3 unspecified atom stereocenters. The number of epoxide rings is 1. The van der Waals surface area contributed by atoms with E-state index in [1.807, 2.05) is 0 Å². The number of fused-ring (bicyclic) bond motifs is 1. The molecule has 1 aliphatic heterocycles. The third-order valence-electron chi connectivity index (χ3n) is 2.42. The molecule has 4 nitrogen and oxygen atoms in total. The summed E-state index contributed by atoms with van der Waals surface area (Å²) in [5, 5.41) is 2.77. The van der Waals surface area contributed by atoms with Crippen LogP contribution in [0, 0.1) is 0 Å². The molecule has 4 heteroatoms. The van der Waals surface area contributed by atoms with Crippen LogP contribution in [0.2, 0.25) is 0 Å². The van der Waals surface area contributed by atoms with E-state index in [9.17, 15) is 4.79 Å². The van der Waals surface area contributed by atoms with Crippen molar-refractivity contribution in [2.24, 2.45) is 0 Å². The highest BCUT2D eigenvalue weighted by atomic mass is 16.6. The van der Waals surface area contributed by atoms with Crippen LogP contribution in [0.1, 0.15) is 12.8 Å². The molecule has 0 spiro atoms. The first-order valence-corrected chi connectivity index (χ1v) is 4.51. The van der Waals surface area contributed by atoms with Crippen LogP contribution < -0.4 is 5.32 Å². The Morgan fingerprint density at radius 1 is 1.69 bits per heavy atom. The van der Waals surface area contributed by atoms with Crippen molar-refractivity contribution in [1.29, 1.82) is 0 Å². The zero-order valence-electron chi connectivity index (χ0n) is 7.36. The average molecular weight is 183 g/mol. The molecule has 1 amide bonds. The van der Waals surface area contributed by atoms with Gasteiger partial charge in [0.25, 0.3) is 0 Å². The van der Waals surface area contributed by atoms with E-state index in [4.69, 9.17) is 9.47 Å². The molecule has 0 aromatic carbocycles. The fourth-order valence-corrected chi connectivity index (χ4v) is 1.73. The molecule has 1 saturated heterocycles. The monoisotopic (exact) mass is 183 g/mol. The summed E-state index contributed by atoms with van der Waals surface area (Å²) in [5.41, 5.74) is 0. The number of hydrogen-bond acceptors (Lipinski definition) is 3. The summed E-state index contributed by atoms with van der Waals surface area (Å²) in [5.74, 6) is 0. The third kappa shape index (κ3) is 1.83. The lowest BCUT2D eigenvalue weighted by Gasteiger charge is -2.12. The van der Waals surface area contributed by atoms with Crippen molar-refractivity contribution in [3.05, 3.63) is 12.7 Å². The normalized spacial score (nSPS) is 34.9. The van der Waals surface area contributed by atoms with Crippen molar-refractivity contribution in [2.45, 2.75) is 31.1 Å². The van der Waals surface area contributed by atoms with Crippen LogP contribution in [-0.2, 0) is 9.47 Å². The van der Waals surface area contributed by atoms with Gasteiger partial charge in [-0.1, -0.05) is 12.7 Å². The summed E-state index contributed by atoms with van der Waals surface area (Å²) in [6.45, 7) is 3.72. The van der Waals surface area contributed by atoms with Crippen molar-refractivity contribution in [3.63, 3.8) is 0 Å². The molecule has 0 aromatic heterocycles. The molecule has 1 N–H and O–H groups in total. The van der Waals surface area contributed by atoms with Gasteiger partial charge in [0.15, 0.2) is 0 Å². The van der Waals surface area contributed by atoms with Crippen LogP contribution in [0.25, 0.3) is 0 Å². The summed E-state index contributed by atoms with van der Waals surface area (Å²) in [7, 11) is 0. The van der Waals surface area contributed by atoms with Crippen LogP contribution in [-0.4, -0.2) is 30.9 Å². The molecule has 0 aromatic rings. The molecular formula is C9H13NO3. The number of hydrogen-bond donors (Lipinski definition) is 1. The highest BCUT2D eigenvalue weighted by Gasteiger charge is 2.50. The highest BCUT2D eigenvalue weighted by molar-refractivity contribution is 5.68. The van der Waals surface area contributed by atoms with Crippen molar-refractivity contribution < 1.29 is 14.3 Å². The molecule has 2 aliphatic rings. The van der Waals surface area contributed by atoms with Crippen LogP contribution in [0.5, 0.6) is 0 Å². The lowest BCUT2D eigenvalue weighted by atomic mass is 10.2. The maximum Gasteiger partial charge on any atom is 0.407 e. The van der Waals surface area contributed by atoms with Gasteiger partial charge in [-0.2, -0.15) is 0 Å². The van der Waals surface area contributed by atoms with E-state index in [1.165, 1.54) is 0 Å². The lowest BCUT2D eigenvalue weighted by molar-refractivity contribution is 0.149. The average Bonchev–Trinajstić information content (AvgIpc) is 2.81. The minimum Gasteiger partial charge on any atom is -0.445 e. The number of alkyl carbamates (subject to hydrolysis) is 1. The number of amides is 1. The predicted molar refractivity (Wildman–Crippen MR) is 46.4 cm³/mol. The zero-order chi connectivity index (χ0) is 9.26. The third-order valence-corrected chi connectivity index (χ3v) is 2.42. The quantitative estimate of drug-likeness (QED) is 0.520. The second-order valence-corrected chi connectivity index (χ2v) is 3.35. The maximum absolute atomic E-state index is 11.1. The van der Waals surface area contributed by atoms with Gasteiger partial charge in [0.1, 0.15) is 12.7 Å². The van der Waals surface area contributed by atoms with E-state index in [1.54, 1.807) is 6.08 Å². The van der Waals surface area contributed by atoms with Crippen molar-refractivity contribution in [3.8, 4) is 0 Å². The van der Waals surface area contributed by atoms with Crippen molar-refractivity contribution in [2.75, 3.05) is 6.61 Å². The van der Waals surface area contributed by atoms with Crippen molar-refractivity contribution in [1.82, 2.24) is 5.32 Å². The smallest absolute Gasteiger partial charge is 0.407 e. The molecule has 72 valence electrons. The molecule has 1 saturated carbocycles. The fourth-order valence-electron chi connectivity index (χ4n) is 1.73. The molecule has 13 heavy (non-hydrogen) atoms. The zero-order valence-corrected chi connectivity index (χ0v) is 7.36. The number of carbonyl (C=O) groups is 1. The van der Waals surface area contributed by atoms with E-state index >= 15 is 0 Å². The first-order valence-electron chi connectivity index (χ1n) is 4.51. The van der Waals surface area contributed by atoms with Gasteiger partial charge in [-0.25, -0.2) is 4.79 Å². The van der Waals surface area contributed by atoms with Gasteiger partial charge in [-0.05, 0) is 12.8 Å². The van der Waals surface area contributed by atoms with Crippen molar-refractivity contribution >= 4 is 6.09 Å². The summed E-state index contributed by atoms with van der Waals surface area (Å²) in [4.78, 5) is 11.1. The molecule has 1 aliphatic carbocycles. The molecule has 1 heterocycles. The second-order valence-electron chi connectivity index (χ2n) is 3.35. The van der Waals surface area contributed by atoms with E-state index in [2.05, 4.69) is 11.9 Å². The molecule has 2 fully saturated rings. The Hall–Kier alpha value is -1.03. The first-order chi connectivity index (χ1) is 6.31. The second kappa shape index (κ2) is 3.38. The topological polar surface area (TPSA) is 50.9 Å². The van der Waals surface area contributed by atoms with Gasteiger partial charge in [0, 0.05) is 0 Å². The first kappa shape index (κ1) is 8.56. The van der Waals surface area contributed by atoms with E-state index in [0.717, 1.165) is 12.8 Å². The number of nitrogens with one attached hydrogen (secondary N) is 1. The Morgan fingerprint density at radius 3 is 3.08 bits per heavy atom. The van der Waals surface area contributed by atoms with Gasteiger partial charge < -0.3 is 14.8 Å². The van der Waals surface area contributed by atoms with E-state index < -0.39 is 0 Å². The summed E-state index contributed by atoms with van der Waals surface area (Å²) < 4.78 is 10.1. The fraction of sp³-hybridized carbons (Fsp3) is 0.667. The van der Waals surface area contributed by atoms with Gasteiger partial charge in [0.2, 0.25) is 0 Å². The minimum absolute atomic E-state index is 0.155. The molecule has 0 radical (unpaired) electrons. The molecule has 3 atom stereocenters. The Bertz CT molecular complexity index is 229. The Balaban J connectivity index is 1.71. The minimum atomic E-state index is -0.374. The Labute approximate surface area is 76.9 Å². The van der Waals surface area contributed by atoms with E-state index in [-0.39, 0.29) is 24.8 Å². The number of carbonyl (C=O) groups excluding carboxylic acids is 1. The van der Waals surface area contributed by atoms with E-state index in [0.29, 0.717) is 6.10 Å². The number of ether oxygens (including phenoxy) is 2. The van der Waals surface area contributed by atoms with Gasteiger partial charge >= 0.3 is 6.09 Å². The standard InChI is InChI=1S/C9H13NO3/c1-2-5-12-9(11)10-6-3-4-7-8(6)13-7/h2,6-8H,1,3-5H2,(H,10,11). The summed E-state index contributed by atoms with van der Waals surface area (Å²) in [6, 6.07) is 0.155. The van der Waals surface area contributed by atoms with Gasteiger partial charge in [-0.15, -0.1) is 0 Å². The number of rotatable bonds is 3. The summed E-state index contributed by atoms with van der Waals surface area (Å²) >= 11 is 0. The van der Waals surface area contributed by atoms with Crippen LogP contribution >= 0.6 is 0 Å².